The van der Waals surface area contributed by atoms with Crippen molar-refractivity contribution in [3.05, 3.63) is 24.3 Å². The summed E-state index contributed by atoms with van der Waals surface area (Å²) < 4.78 is 54.2. The summed E-state index contributed by atoms with van der Waals surface area (Å²) in [7, 11) is 0. The predicted molar refractivity (Wildman–Crippen MR) is 132 cm³/mol. The Morgan fingerprint density at radius 1 is 1.03 bits per heavy atom. The Hall–Kier alpha value is -2.12. The Morgan fingerprint density at radius 2 is 1.74 bits per heavy atom. The van der Waals surface area contributed by atoms with Crippen molar-refractivity contribution in [3.63, 3.8) is 0 Å². The molecule has 9 nitrogen and oxygen atoms in total. The van der Waals surface area contributed by atoms with Crippen LogP contribution < -0.4 is 10.1 Å². The number of nitrogens with zero attached hydrogens (tertiary/aromatic N) is 2. The molecule has 1 aliphatic carbocycles. The van der Waals surface area contributed by atoms with Crippen molar-refractivity contribution in [1.29, 1.82) is 0 Å². The van der Waals surface area contributed by atoms with Gasteiger partial charge in [-0.25, -0.2) is 14.6 Å². The first-order chi connectivity index (χ1) is 18.5. The number of amides is 2. The minimum Gasteiger partial charge on any atom is -0.406 e. The number of anilines is 1. The van der Waals surface area contributed by atoms with Gasteiger partial charge in [0, 0.05) is 50.1 Å². The molecule has 2 amide bonds. The molecule has 1 aromatic carbocycles. The Balaban J connectivity index is 1.09. The van der Waals surface area contributed by atoms with Crippen molar-refractivity contribution >= 4 is 11.7 Å². The number of carbonyl (C=O) groups excluding carboxylic acids is 1. The van der Waals surface area contributed by atoms with Gasteiger partial charge in [-0.2, -0.15) is 0 Å². The molecule has 5 heterocycles. The summed E-state index contributed by atoms with van der Waals surface area (Å²) in [6, 6.07) is 4.80. The summed E-state index contributed by atoms with van der Waals surface area (Å²) in [4.78, 5) is 29.0. The van der Waals surface area contributed by atoms with Gasteiger partial charge in [0.2, 0.25) is 5.79 Å². The monoisotopic (exact) mass is 555 g/mol. The number of halogens is 3. The quantitative estimate of drug-likeness (QED) is 0.529. The zero-order chi connectivity index (χ0) is 27.6. The number of benzene rings is 1. The van der Waals surface area contributed by atoms with Gasteiger partial charge in [-0.3, -0.25) is 4.90 Å². The largest absolute Gasteiger partial charge is 0.573 e. The zero-order valence-corrected chi connectivity index (χ0v) is 22.4. The SMILES string of the molecule is C[C@H]1[C@H](N2CCN(C(=O)Nc3ccc(OC(F)(F)F)cc3)CC2)O[C@@H]2O[C@@]3(C)CC[C@H]4[C@H](C)CC[C@@H]1[C@@]24OO3. The number of ether oxygens (including phenoxy) is 3. The second-order valence-electron chi connectivity index (χ2n) is 11.8. The van der Waals surface area contributed by atoms with E-state index in [9.17, 15) is 18.0 Å². The summed E-state index contributed by atoms with van der Waals surface area (Å²) in [5, 5.41) is 2.75. The summed E-state index contributed by atoms with van der Waals surface area (Å²) in [6.07, 6.45) is -1.53. The summed E-state index contributed by atoms with van der Waals surface area (Å²) in [5.74, 6) is 0.0616. The molecule has 6 aliphatic rings. The molecule has 1 aromatic rings. The molecule has 12 heteroatoms. The number of urea groups is 1. The lowest BCUT2D eigenvalue weighted by Gasteiger charge is -2.61. The Bertz CT molecular complexity index is 1070. The fourth-order valence-electron chi connectivity index (χ4n) is 7.43. The molecule has 7 rings (SSSR count). The van der Waals surface area contributed by atoms with Gasteiger partial charge in [-0.05, 0) is 62.3 Å². The molecule has 5 saturated heterocycles. The number of carbonyl (C=O) groups is 1. The van der Waals surface area contributed by atoms with E-state index >= 15 is 0 Å². The highest BCUT2D eigenvalue weighted by molar-refractivity contribution is 5.89. The van der Waals surface area contributed by atoms with Gasteiger partial charge >= 0.3 is 12.4 Å². The van der Waals surface area contributed by atoms with Gasteiger partial charge in [0.05, 0.1) is 0 Å². The number of hydrogen-bond donors (Lipinski definition) is 1. The minimum atomic E-state index is -4.76. The molecule has 0 radical (unpaired) electrons. The van der Waals surface area contributed by atoms with E-state index in [-0.39, 0.29) is 29.8 Å². The van der Waals surface area contributed by atoms with Crippen LogP contribution in [0, 0.1) is 23.7 Å². The number of alkyl halides is 3. The van der Waals surface area contributed by atoms with Crippen LogP contribution in [0.3, 0.4) is 0 Å². The van der Waals surface area contributed by atoms with Gasteiger partial charge < -0.3 is 24.4 Å². The van der Waals surface area contributed by atoms with Crippen molar-refractivity contribution in [2.24, 2.45) is 23.7 Å². The molecule has 0 unspecified atom stereocenters. The highest BCUT2D eigenvalue weighted by Gasteiger charge is 2.69. The van der Waals surface area contributed by atoms with Crippen LogP contribution in [0.2, 0.25) is 0 Å². The highest BCUT2D eigenvalue weighted by atomic mass is 19.4. The minimum absolute atomic E-state index is 0.169. The van der Waals surface area contributed by atoms with Crippen LogP contribution in [-0.2, 0) is 19.2 Å². The maximum Gasteiger partial charge on any atom is 0.573 e. The standard InChI is InChI=1S/C27H36F3N3O6/c1-16-4-9-21-17(2)22(35-23-26(21)20(16)10-11-25(3,37-23)38-39-26)32-12-14-33(15-13-32)24(34)31-18-5-7-19(8-6-18)36-27(28,29)30/h5-8,16-17,20-23H,4,9-15H2,1-3H3,(H,31,34)/t16-,17-,20+,21+,22-,23-,25-,26-/m1/s1. The van der Waals surface area contributed by atoms with Crippen LogP contribution in [0.1, 0.15) is 46.5 Å². The van der Waals surface area contributed by atoms with Gasteiger partial charge in [0.15, 0.2) is 11.9 Å². The third-order valence-electron chi connectivity index (χ3n) is 9.42. The van der Waals surface area contributed by atoms with Gasteiger partial charge in [0.25, 0.3) is 0 Å². The second kappa shape index (κ2) is 9.76. The molecular weight excluding hydrogens is 519 g/mol. The van der Waals surface area contributed by atoms with Crippen molar-refractivity contribution in [3.8, 4) is 5.75 Å². The van der Waals surface area contributed by atoms with E-state index in [0.717, 1.165) is 25.7 Å². The summed E-state index contributed by atoms with van der Waals surface area (Å²) in [6.45, 7) is 8.67. The van der Waals surface area contributed by atoms with E-state index < -0.39 is 24.0 Å². The van der Waals surface area contributed by atoms with Crippen LogP contribution in [-0.4, -0.2) is 72.3 Å². The van der Waals surface area contributed by atoms with Crippen molar-refractivity contribution < 1.29 is 42.0 Å². The smallest absolute Gasteiger partial charge is 0.406 e. The molecule has 6 fully saturated rings. The van der Waals surface area contributed by atoms with Crippen LogP contribution >= 0.6 is 0 Å². The number of hydrogen-bond acceptors (Lipinski definition) is 7. The Kier molecular flexibility index (Phi) is 6.77. The highest BCUT2D eigenvalue weighted by Crippen LogP contribution is 2.60. The van der Waals surface area contributed by atoms with E-state index in [4.69, 9.17) is 19.2 Å². The molecule has 2 bridgehead atoms. The molecule has 1 N–H and O–H groups in total. The lowest BCUT2D eigenvalue weighted by molar-refractivity contribution is -0.574. The number of fused-ring (bicyclic) bond motifs is 2. The summed E-state index contributed by atoms with van der Waals surface area (Å²) in [5.41, 5.74) is -0.213. The van der Waals surface area contributed by atoms with E-state index in [2.05, 4.69) is 28.8 Å². The van der Waals surface area contributed by atoms with Gasteiger partial charge in [-0.15, -0.1) is 13.2 Å². The first-order valence-corrected chi connectivity index (χ1v) is 13.8. The van der Waals surface area contributed by atoms with E-state index in [1.54, 1.807) is 4.90 Å². The van der Waals surface area contributed by atoms with Crippen LogP contribution in [0.5, 0.6) is 5.75 Å². The topological polar surface area (TPSA) is 81.7 Å². The van der Waals surface area contributed by atoms with E-state index in [0.29, 0.717) is 43.7 Å². The van der Waals surface area contributed by atoms with Crippen molar-refractivity contribution in [1.82, 2.24) is 9.80 Å². The predicted octanol–water partition coefficient (Wildman–Crippen LogP) is 4.94. The number of nitrogens with one attached hydrogen (secondary N) is 1. The number of rotatable bonds is 3. The maximum absolute atomic E-state index is 12.9. The lowest BCUT2D eigenvalue weighted by Crippen LogP contribution is -2.72. The molecule has 1 saturated carbocycles. The average molecular weight is 556 g/mol. The Morgan fingerprint density at radius 3 is 2.44 bits per heavy atom. The van der Waals surface area contributed by atoms with Crippen LogP contribution in [0.25, 0.3) is 0 Å². The van der Waals surface area contributed by atoms with Crippen LogP contribution in [0.4, 0.5) is 23.7 Å². The first-order valence-electron chi connectivity index (χ1n) is 13.8. The lowest BCUT2D eigenvalue weighted by atomic mass is 9.58. The Labute approximate surface area is 225 Å². The zero-order valence-electron chi connectivity index (χ0n) is 22.4. The summed E-state index contributed by atoms with van der Waals surface area (Å²) >= 11 is 0. The number of piperazine rings is 1. The first kappa shape index (κ1) is 27.1. The molecule has 5 aliphatic heterocycles. The molecular formula is C27H36F3N3O6. The fraction of sp³-hybridized carbons (Fsp3) is 0.741. The van der Waals surface area contributed by atoms with Crippen molar-refractivity contribution in [2.45, 2.75) is 76.7 Å². The van der Waals surface area contributed by atoms with E-state index in [1.807, 2.05) is 6.92 Å². The normalized spacial score (nSPS) is 40.5. The van der Waals surface area contributed by atoms with Gasteiger partial charge in [0.1, 0.15) is 12.0 Å². The molecule has 1 spiro atoms. The second-order valence-corrected chi connectivity index (χ2v) is 11.8. The molecule has 0 aromatic heterocycles. The molecule has 39 heavy (non-hydrogen) atoms. The third-order valence-corrected chi connectivity index (χ3v) is 9.42. The van der Waals surface area contributed by atoms with Crippen molar-refractivity contribution in [2.75, 3.05) is 31.5 Å². The van der Waals surface area contributed by atoms with Gasteiger partial charge in [-0.1, -0.05) is 13.8 Å². The molecule has 8 atom stereocenters. The fourth-order valence-corrected chi connectivity index (χ4v) is 7.43. The van der Waals surface area contributed by atoms with Crippen LogP contribution in [0.15, 0.2) is 24.3 Å². The average Bonchev–Trinajstić information content (AvgIpc) is 3.12. The molecule has 216 valence electrons. The third kappa shape index (κ3) is 4.88. The maximum atomic E-state index is 12.9. The van der Waals surface area contributed by atoms with E-state index in [1.165, 1.54) is 24.3 Å².